The second-order valence-corrected chi connectivity index (χ2v) is 12.0. The van der Waals surface area contributed by atoms with Crippen LogP contribution < -0.4 is 5.32 Å². The maximum Gasteiger partial charge on any atom is 0.471 e. The van der Waals surface area contributed by atoms with Gasteiger partial charge < -0.3 is 29.7 Å². The highest BCUT2D eigenvalue weighted by Gasteiger charge is 2.47. The molecule has 11 heteroatoms. The van der Waals surface area contributed by atoms with Crippen molar-refractivity contribution in [3.8, 4) is 0 Å². The normalized spacial score (nSPS) is 25.3. The first-order chi connectivity index (χ1) is 21.2. The summed E-state index contributed by atoms with van der Waals surface area (Å²) in [5.41, 5.74) is 3.45. The number of hydrogen-bond donors (Lipinski definition) is 2. The summed E-state index contributed by atoms with van der Waals surface area (Å²) in [7, 11) is 0. The van der Waals surface area contributed by atoms with Gasteiger partial charge in [-0.25, -0.2) is 0 Å². The van der Waals surface area contributed by atoms with Crippen LogP contribution in [0.15, 0.2) is 48.5 Å². The molecule has 0 saturated carbocycles. The van der Waals surface area contributed by atoms with Crippen molar-refractivity contribution in [2.45, 2.75) is 95.2 Å². The first kappa shape index (κ1) is 32.4. The lowest BCUT2D eigenvalue weighted by Gasteiger charge is -2.38. The van der Waals surface area contributed by atoms with Crippen molar-refractivity contribution < 1.29 is 37.3 Å². The molecule has 4 atom stereocenters. The number of aliphatic hydroxyl groups is 1. The van der Waals surface area contributed by atoms with Crippen LogP contribution in [0.3, 0.4) is 0 Å². The molecule has 240 valence electrons. The highest BCUT2D eigenvalue weighted by molar-refractivity contribution is 5.90. The lowest BCUT2D eigenvalue weighted by Crippen LogP contribution is -2.50. The average Bonchev–Trinajstić information content (AvgIpc) is 3.50. The lowest BCUT2D eigenvalue weighted by atomic mass is 9.99. The molecule has 0 unspecified atom stereocenters. The number of halogens is 3. The molecule has 3 saturated heterocycles. The summed E-state index contributed by atoms with van der Waals surface area (Å²) in [6, 6.07) is 14.1. The van der Waals surface area contributed by atoms with Crippen LogP contribution in [0.4, 0.5) is 13.2 Å². The highest BCUT2D eigenvalue weighted by atomic mass is 19.4. The molecule has 0 aromatic heterocycles. The molecule has 2 amide bonds. The number of carbonyl (C=O) groups excluding carboxylic acids is 2. The summed E-state index contributed by atoms with van der Waals surface area (Å²) in [5, 5.41) is 12.2. The number of amides is 2. The number of aliphatic hydroxyl groups excluding tert-OH is 1. The van der Waals surface area contributed by atoms with E-state index in [1.165, 1.54) is 32.1 Å². The van der Waals surface area contributed by atoms with Gasteiger partial charge in [-0.05, 0) is 55.5 Å². The molecule has 3 fully saturated rings. The zero-order chi connectivity index (χ0) is 31.1. The molecule has 2 N–H and O–H groups in total. The standard InChI is InChI=1S/C33H42F3N3O5/c34-33(35,36)32(42)39-18-6-7-28(39)30(41)37-20-23-8-14-26(15-9-23)31-43-27(21-38-16-4-2-1-3-5-17-38)19-29(44-31)25-12-10-24(22-40)11-13-25/h8-15,27-29,31,40H,1-7,16-22H2,(H,37,41)/t27-,28+,29+,31+/m1/s1. The molecule has 44 heavy (non-hydrogen) atoms. The lowest BCUT2D eigenvalue weighted by molar-refractivity contribution is -0.253. The topological polar surface area (TPSA) is 91.3 Å². The van der Waals surface area contributed by atoms with E-state index >= 15 is 0 Å². The molecular formula is C33H42F3N3O5. The van der Waals surface area contributed by atoms with Crippen LogP contribution >= 0.6 is 0 Å². The smallest absolute Gasteiger partial charge is 0.392 e. The number of likely N-dealkylation sites (tertiary alicyclic amines) is 2. The maximum atomic E-state index is 12.9. The van der Waals surface area contributed by atoms with Crippen molar-refractivity contribution in [3.63, 3.8) is 0 Å². The van der Waals surface area contributed by atoms with Crippen LogP contribution in [0, 0.1) is 0 Å². The number of ether oxygens (including phenoxy) is 2. The van der Waals surface area contributed by atoms with E-state index in [0.29, 0.717) is 17.7 Å². The number of carbonyl (C=O) groups is 2. The molecule has 2 aromatic rings. The summed E-state index contributed by atoms with van der Waals surface area (Å²) < 4.78 is 51.8. The molecule has 3 heterocycles. The SMILES string of the molecule is O=C(NCc1ccc([C@H]2O[C@@H](CN3CCCCCCC3)C[C@@H](c3ccc(CO)cc3)O2)cc1)[C@@H]1CCCN1C(=O)C(F)(F)F. The van der Waals surface area contributed by atoms with E-state index in [1.807, 2.05) is 48.5 Å². The Balaban J connectivity index is 1.23. The largest absolute Gasteiger partial charge is 0.471 e. The third kappa shape index (κ3) is 8.38. The van der Waals surface area contributed by atoms with Gasteiger partial charge in [0.25, 0.3) is 0 Å². The van der Waals surface area contributed by atoms with Crippen molar-refractivity contribution >= 4 is 11.8 Å². The van der Waals surface area contributed by atoms with E-state index in [4.69, 9.17) is 9.47 Å². The molecule has 0 spiro atoms. The molecule has 0 aliphatic carbocycles. The Morgan fingerprint density at radius 3 is 2.14 bits per heavy atom. The number of nitrogens with zero attached hydrogens (tertiary/aromatic N) is 2. The Labute approximate surface area is 256 Å². The van der Waals surface area contributed by atoms with Gasteiger partial charge in [-0.3, -0.25) is 9.59 Å². The minimum atomic E-state index is -5.00. The van der Waals surface area contributed by atoms with Crippen LogP contribution in [-0.4, -0.2) is 71.2 Å². The van der Waals surface area contributed by atoms with Crippen molar-refractivity contribution in [2.75, 3.05) is 26.2 Å². The predicted molar refractivity (Wildman–Crippen MR) is 157 cm³/mol. The summed E-state index contributed by atoms with van der Waals surface area (Å²) in [5.74, 6) is -2.57. The van der Waals surface area contributed by atoms with Crippen LogP contribution in [-0.2, 0) is 32.2 Å². The van der Waals surface area contributed by atoms with Gasteiger partial charge in [0.05, 0.1) is 18.8 Å². The molecule has 2 aromatic carbocycles. The van der Waals surface area contributed by atoms with Crippen LogP contribution in [0.25, 0.3) is 0 Å². The molecule has 0 bridgehead atoms. The third-order valence-corrected chi connectivity index (χ3v) is 8.80. The van der Waals surface area contributed by atoms with Gasteiger partial charge >= 0.3 is 12.1 Å². The maximum absolute atomic E-state index is 12.9. The first-order valence-electron chi connectivity index (χ1n) is 15.7. The predicted octanol–water partition coefficient (Wildman–Crippen LogP) is 5.16. The van der Waals surface area contributed by atoms with Crippen LogP contribution in [0.1, 0.15) is 86.0 Å². The average molecular weight is 618 g/mol. The minimum Gasteiger partial charge on any atom is -0.392 e. The number of hydrogen-bond acceptors (Lipinski definition) is 6. The molecule has 3 aliphatic heterocycles. The quantitative estimate of drug-likeness (QED) is 0.426. The van der Waals surface area contributed by atoms with Gasteiger partial charge in [-0.2, -0.15) is 13.2 Å². The van der Waals surface area contributed by atoms with Gasteiger partial charge in [0.15, 0.2) is 6.29 Å². The van der Waals surface area contributed by atoms with Gasteiger partial charge in [0.2, 0.25) is 5.91 Å². The zero-order valence-electron chi connectivity index (χ0n) is 24.9. The van der Waals surface area contributed by atoms with E-state index < -0.39 is 30.3 Å². The van der Waals surface area contributed by atoms with Gasteiger partial charge in [-0.1, -0.05) is 67.8 Å². The fourth-order valence-electron chi connectivity index (χ4n) is 6.36. The molecule has 3 aliphatic rings. The number of alkyl halides is 3. The fourth-order valence-corrected chi connectivity index (χ4v) is 6.36. The number of rotatable bonds is 8. The first-order valence-corrected chi connectivity index (χ1v) is 15.7. The molecule has 5 rings (SSSR count). The van der Waals surface area contributed by atoms with Crippen molar-refractivity contribution in [1.29, 1.82) is 0 Å². The van der Waals surface area contributed by atoms with Crippen molar-refractivity contribution in [2.24, 2.45) is 0 Å². The second kappa shape index (κ2) is 14.9. The van der Waals surface area contributed by atoms with Gasteiger partial charge in [0.1, 0.15) is 6.04 Å². The van der Waals surface area contributed by atoms with Gasteiger partial charge in [-0.15, -0.1) is 0 Å². The Morgan fingerprint density at radius 2 is 1.48 bits per heavy atom. The minimum absolute atomic E-state index is 0.0213. The molecular weight excluding hydrogens is 575 g/mol. The van der Waals surface area contributed by atoms with Crippen LogP contribution in [0.5, 0.6) is 0 Å². The van der Waals surface area contributed by atoms with E-state index in [1.54, 1.807) is 0 Å². The summed E-state index contributed by atoms with van der Waals surface area (Å²) >= 11 is 0. The Kier molecular flexibility index (Phi) is 10.9. The van der Waals surface area contributed by atoms with Crippen molar-refractivity contribution in [1.82, 2.24) is 15.1 Å². The monoisotopic (exact) mass is 617 g/mol. The summed E-state index contributed by atoms with van der Waals surface area (Å²) in [6.07, 6.45) is 1.61. The Morgan fingerprint density at radius 1 is 0.841 bits per heavy atom. The van der Waals surface area contributed by atoms with E-state index in [0.717, 1.165) is 41.9 Å². The third-order valence-electron chi connectivity index (χ3n) is 8.80. The number of nitrogens with one attached hydrogen (secondary N) is 1. The molecule has 0 radical (unpaired) electrons. The Hall–Kier alpha value is -2.99. The van der Waals surface area contributed by atoms with Crippen molar-refractivity contribution in [3.05, 3.63) is 70.8 Å². The van der Waals surface area contributed by atoms with Gasteiger partial charge in [0, 0.05) is 31.6 Å². The van der Waals surface area contributed by atoms with E-state index in [-0.39, 0.29) is 38.3 Å². The van der Waals surface area contributed by atoms with Crippen LogP contribution in [0.2, 0.25) is 0 Å². The van der Waals surface area contributed by atoms with E-state index in [9.17, 15) is 27.9 Å². The zero-order valence-corrected chi connectivity index (χ0v) is 24.9. The summed E-state index contributed by atoms with van der Waals surface area (Å²) in [4.78, 5) is 27.5. The van der Waals surface area contributed by atoms with E-state index in [2.05, 4.69) is 10.2 Å². The Bertz CT molecular complexity index is 1230. The second-order valence-electron chi connectivity index (χ2n) is 12.0. The molecule has 8 nitrogen and oxygen atoms in total. The fraction of sp³-hybridized carbons (Fsp3) is 0.576. The summed E-state index contributed by atoms with van der Waals surface area (Å²) in [6.45, 7) is 2.96. The highest BCUT2D eigenvalue weighted by Crippen LogP contribution is 2.38. The number of benzene rings is 2.